The molecule has 0 unspecified atom stereocenters. The number of nitrogens with two attached hydrogens (primary N) is 1. The summed E-state index contributed by atoms with van der Waals surface area (Å²) in [5.74, 6) is 5.37. The van der Waals surface area contributed by atoms with Crippen molar-refractivity contribution in [2.75, 3.05) is 0 Å². The molecule has 0 bridgehead atoms. The Hall–Kier alpha value is -0.570. The second kappa shape index (κ2) is 4.45. The smallest absolute Gasteiger partial charge is 0.0457 e. The Bertz CT molecular complexity index is 229. The third-order valence-electron chi connectivity index (χ3n) is 1.88. The number of rotatable bonds is 3. The highest BCUT2D eigenvalue weighted by molar-refractivity contribution is 6.30. The summed E-state index contributed by atoms with van der Waals surface area (Å²) in [7, 11) is 0. The van der Waals surface area contributed by atoms with Crippen LogP contribution >= 0.6 is 11.6 Å². The zero-order valence-corrected chi connectivity index (χ0v) is 7.81. The molecule has 0 aliphatic carbocycles. The van der Waals surface area contributed by atoms with Gasteiger partial charge in [-0.25, -0.2) is 0 Å². The molecule has 1 rings (SSSR count). The van der Waals surface area contributed by atoms with E-state index in [-0.39, 0.29) is 6.04 Å². The van der Waals surface area contributed by atoms with Crippen molar-refractivity contribution in [3.8, 4) is 0 Å². The highest BCUT2D eigenvalue weighted by atomic mass is 35.5. The van der Waals surface area contributed by atoms with Crippen LogP contribution in [0.1, 0.15) is 24.9 Å². The molecule has 0 aliphatic heterocycles. The quantitative estimate of drug-likeness (QED) is 0.559. The lowest BCUT2D eigenvalue weighted by Gasteiger charge is -2.13. The fraction of sp³-hybridized carbons (Fsp3) is 0.333. The molecule has 1 aromatic rings. The van der Waals surface area contributed by atoms with Crippen molar-refractivity contribution in [3.05, 3.63) is 34.9 Å². The summed E-state index contributed by atoms with van der Waals surface area (Å²) >= 11 is 5.75. The second-order valence-electron chi connectivity index (χ2n) is 2.68. The minimum Gasteiger partial charge on any atom is -0.271 e. The molecule has 3 heteroatoms. The zero-order chi connectivity index (χ0) is 8.97. The van der Waals surface area contributed by atoms with Crippen molar-refractivity contribution < 1.29 is 0 Å². The zero-order valence-electron chi connectivity index (χ0n) is 7.05. The van der Waals surface area contributed by atoms with Crippen LogP contribution in [0.25, 0.3) is 0 Å². The van der Waals surface area contributed by atoms with Gasteiger partial charge in [0.15, 0.2) is 0 Å². The summed E-state index contributed by atoms with van der Waals surface area (Å²) in [5, 5.41) is 0.755. The average molecular weight is 185 g/mol. The minimum absolute atomic E-state index is 0.224. The lowest BCUT2D eigenvalue weighted by molar-refractivity contribution is 0.539. The Labute approximate surface area is 77.7 Å². The number of hydrogen-bond donors (Lipinski definition) is 2. The van der Waals surface area contributed by atoms with Gasteiger partial charge in [0.05, 0.1) is 0 Å². The molecule has 0 saturated heterocycles. The van der Waals surface area contributed by atoms with E-state index in [9.17, 15) is 0 Å². The molecule has 1 aromatic carbocycles. The lowest BCUT2D eigenvalue weighted by atomic mass is 10.1. The van der Waals surface area contributed by atoms with Crippen molar-refractivity contribution in [2.24, 2.45) is 5.84 Å². The standard InChI is InChI=1S/C9H13ClN2/c1-2-9(12-11)7-3-5-8(10)6-4-7/h3-6,9,12H,2,11H2,1H3/t9-/m0/s1. The van der Waals surface area contributed by atoms with Gasteiger partial charge in [-0.15, -0.1) is 0 Å². The molecule has 0 aromatic heterocycles. The number of hydrazine groups is 1. The van der Waals surface area contributed by atoms with Gasteiger partial charge in [0.2, 0.25) is 0 Å². The van der Waals surface area contributed by atoms with Gasteiger partial charge in [-0.1, -0.05) is 30.7 Å². The van der Waals surface area contributed by atoms with Gasteiger partial charge in [0, 0.05) is 11.1 Å². The van der Waals surface area contributed by atoms with Crippen molar-refractivity contribution in [1.29, 1.82) is 0 Å². The van der Waals surface area contributed by atoms with Crippen molar-refractivity contribution in [1.82, 2.24) is 5.43 Å². The van der Waals surface area contributed by atoms with E-state index < -0.39 is 0 Å². The van der Waals surface area contributed by atoms with E-state index in [4.69, 9.17) is 17.4 Å². The first-order valence-electron chi connectivity index (χ1n) is 3.99. The second-order valence-corrected chi connectivity index (χ2v) is 3.12. The predicted molar refractivity (Wildman–Crippen MR) is 51.8 cm³/mol. The maximum atomic E-state index is 5.75. The molecule has 2 nitrogen and oxygen atoms in total. The summed E-state index contributed by atoms with van der Waals surface area (Å²) in [4.78, 5) is 0. The predicted octanol–water partition coefficient (Wildman–Crippen LogP) is 2.25. The van der Waals surface area contributed by atoms with Crippen LogP contribution < -0.4 is 11.3 Å². The van der Waals surface area contributed by atoms with E-state index in [2.05, 4.69) is 12.3 Å². The highest BCUT2D eigenvalue weighted by Crippen LogP contribution is 2.17. The van der Waals surface area contributed by atoms with E-state index in [0.29, 0.717) is 0 Å². The van der Waals surface area contributed by atoms with E-state index in [1.807, 2.05) is 24.3 Å². The average Bonchev–Trinajstić information content (AvgIpc) is 2.10. The summed E-state index contributed by atoms with van der Waals surface area (Å²) in [6.07, 6.45) is 0.970. The molecule has 1 atom stereocenters. The molecule has 66 valence electrons. The van der Waals surface area contributed by atoms with Crippen molar-refractivity contribution >= 4 is 11.6 Å². The molecular formula is C9H13ClN2. The summed E-state index contributed by atoms with van der Waals surface area (Å²) < 4.78 is 0. The molecule has 0 spiro atoms. The maximum absolute atomic E-state index is 5.75. The number of hydrogen-bond acceptors (Lipinski definition) is 2. The fourth-order valence-corrected chi connectivity index (χ4v) is 1.27. The molecule has 0 radical (unpaired) electrons. The first kappa shape index (κ1) is 9.52. The van der Waals surface area contributed by atoms with Crippen molar-refractivity contribution in [2.45, 2.75) is 19.4 Å². The molecule has 0 amide bonds. The Morgan fingerprint density at radius 3 is 2.42 bits per heavy atom. The molecule has 0 aliphatic rings. The van der Waals surface area contributed by atoms with Crippen LogP contribution in [0.2, 0.25) is 5.02 Å². The SMILES string of the molecule is CC[C@H](NN)c1ccc(Cl)cc1. The Kier molecular flexibility index (Phi) is 3.53. The molecule has 0 fully saturated rings. The van der Waals surface area contributed by atoms with Crippen LogP contribution in [-0.2, 0) is 0 Å². The first-order valence-corrected chi connectivity index (χ1v) is 4.37. The van der Waals surface area contributed by atoms with Gasteiger partial charge >= 0.3 is 0 Å². The molecule has 12 heavy (non-hydrogen) atoms. The largest absolute Gasteiger partial charge is 0.271 e. The van der Waals surface area contributed by atoms with E-state index in [1.54, 1.807) is 0 Å². The van der Waals surface area contributed by atoms with E-state index in [0.717, 1.165) is 11.4 Å². The Balaban J connectivity index is 2.80. The number of nitrogens with one attached hydrogen (secondary N) is 1. The van der Waals surface area contributed by atoms with Gasteiger partial charge in [0.25, 0.3) is 0 Å². The summed E-state index contributed by atoms with van der Waals surface area (Å²) in [6.45, 7) is 2.08. The molecule has 3 N–H and O–H groups in total. The topological polar surface area (TPSA) is 38.0 Å². The van der Waals surface area contributed by atoms with E-state index >= 15 is 0 Å². The van der Waals surface area contributed by atoms with Gasteiger partial charge in [-0.2, -0.15) is 0 Å². The van der Waals surface area contributed by atoms with Gasteiger partial charge in [0.1, 0.15) is 0 Å². The summed E-state index contributed by atoms with van der Waals surface area (Å²) in [5.41, 5.74) is 3.92. The monoisotopic (exact) mass is 184 g/mol. The first-order chi connectivity index (χ1) is 5.77. The number of benzene rings is 1. The Morgan fingerprint density at radius 1 is 1.42 bits per heavy atom. The molecular weight excluding hydrogens is 172 g/mol. The van der Waals surface area contributed by atoms with Gasteiger partial charge in [-0.3, -0.25) is 11.3 Å². The lowest BCUT2D eigenvalue weighted by Crippen LogP contribution is -2.27. The minimum atomic E-state index is 0.224. The Morgan fingerprint density at radius 2 is 2.00 bits per heavy atom. The number of halogens is 1. The summed E-state index contributed by atoms with van der Waals surface area (Å²) in [6, 6.07) is 7.93. The third kappa shape index (κ3) is 2.21. The normalized spacial score (nSPS) is 12.9. The molecule has 0 saturated carbocycles. The third-order valence-corrected chi connectivity index (χ3v) is 2.13. The van der Waals surface area contributed by atoms with Crippen molar-refractivity contribution in [3.63, 3.8) is 0 Å². The van der Waals surface area contributed by atoms with Gasteiger partial charge in [-0.05, 0) is 24.1 Å². The van der Waals surface area contributed by atoms with Gasteiger partial charge < -0.3 is 0 Å². The van der Waals surface area contributed by atoms with E-state index in [1.165, 1.54) is 5.56 Å². The molecule has 0 heterocycles. The van der Waals surface area contributed by atoms with Crippen LogP contribution in [0.3, 0.4) is 0 Å². The maximum Gasteiger partial charge on any atom is 0.0457 e. The highest BCUT2D eigenvalue weighted by Gasteiger charge is 2.05. The van der Waals surface area contributed by atoms with Crippen LogP contribution in [0.4, 0.5) is 0 Å². The van der Waals surface area contributed by atoms with Crippen LogP contribution in [0.15, 0.2) is 24.3 Å². The van der Waals surface area contributed by atoms with Crippen LogP contribution in [0.5, 0.6) is 0 Å². The van der Waals surface area contributed by atoms with Crippen LogP contribution in [0, 0.1) is 0 Å². The van der Waals surface area contributed by atoms with Crippen LogP contribution in [-0.4, -0.2) is 0 Å². The fourth-order valence-electron chi connectivity index (χ4n) is 1.14.